The number of carbonyl (C=O) groups is 2. The Morgan fingerprint density at radius 2 is 1.74 bits per heavy atom. The summed E-state index contributed by atoms with van der Waals surface area (Å²) in [5.41, 5.74) is 2.21. The molecule has 210 valence electrons. The first kappa shape index (κ1) is 28.7. The Morgan fingerprint density at radius 1 is 1.08 bits per heavy atom. The minimum Gasteiger partial charge on any atom is -0.497 e. The fourth-order valence-electron chi connectivity index (χ4n) is 4.82. The summed E-state index contributed by atoms with van der Waals surface area (Å²) in [5, 5.41) is 6.20. The van der Waals surface area contributed by atoms with E-state index in [-0.39, 0.29) is 29.6 Å². The number of rotatable bonds is 9. The van der Waals surface area contributed by atoms with E-state index in [0.717, 1.165) is 35.7 Å². The molecule has 39 heavy (non-hydrogen) atoms. The Kier molecular flexibility index (Phi) is 9.35. The molecule has 1 fully saturated rings. The Bertz CT molecular complexity index is 1150. The van der Waals surface area contributed by atoms with Crippen LogP contribution < -0.4 is 4.74 Å². The van der Waals surface area contributed by atoms with Crippen molar-refractivity contribution in [2.75, 3.05) is 53.0 Å². The molecule has 8 nitrogen and oxygen atoms in total. The van der Waals surface area contributed by atoms with Gasteiger partial charge in [0.25, 0.3) is 5.91 Å². The van der Waals surface area contributed by atoms with Crippen molar-refractivity contribution < 1.29 is 23.5 Å². The van der Waals surface area contributed by atoms with Crippen LogP contribution in [0.4, 0.5) is 4.39 Å². The maximum Gasteiger partial charge on any atom is 0.262 e. The van der Waals surface area contributed by atoms with Crippen molar-refractivity contribution in [3.63, 3.8) is 0 Å². The average Bonchev–Trinajstić information content (AvgIpc) is 3.36. The molecule has 2 aromatic rings. The van der Waals surface area contributed by atoms with Crippen molar-refractivity contribution in [3.05, 3.63) is 65.5 Å². The molecule has 0 radical (unpaired) electrons. The molecule has 2 amide bonds. The Morgan fingerprint density at radius 3 is 2.36 bits per heavy atom. The zero-order valence-corrected chi connectivity index (χ0v) is 23.4. The highest BCUT2D eigenvalue weighted by molar-refractivity contribution is 6.03. The van der Waals surface area contributed by atoms with Gasteiger partial charge in [-0.05, 0) is 52.9 Å². The van der Waals surface area contributed by atoms with Crippen LogP contribution in [-0.2, 0) is 14.3 Å². The van der Waals surface area contributed by atoms with Crippen LogP contribution in [0.5, 0.6) is 5.75 Å². The van der Waals surface area contributed by atoms with Crippen molar-refractivity contribution in [2.24, 2.45) is 10.5 Å². The van der Waals surface area contributed by atoms with Gasteiger partial charge in [-0.1, -0.05) is 32.9 Å². The van der Waals surface area contributed by atoms with Gasteiger partial charge in [0.1, 0.15) is 18.1 Å². The molecule has 2 aliphatic heterocycles. The number of carbonyl (C=O) groups excluding carboxylic acids is 2. The van der Waals surface area contributed by atoms with Crippen LogP contribution in [0, 0.1) is 11.2 Å². The topological polar surface area (TPSA) is 74.7 Å². The van der Waals surface area contributed by atoms with Crippen molar-refractivity contribution in [3.8, 4) is 5.75 Å². The molecule has 2 aromatic carbocycles. The summed E-state index contributed by atoms with van der Waals surface area (Å²) in [4.78, 5) is 31.1. The molecular weight excluding hydrogens is 499 g/mol. The fourth-order valence-corrected chi connectivity index (χ4v) is 4.82. The van der Waals surface area contributed by atoms with E-state index in [0.29, 0.717) is 39.1 Å². The highest BCUT2D eigenvalue weighted by Gasteiger charge is 2.35. The van der Waals surface area contributed by atoms with Crippen LogP contribution in [0.3, 0.4) is 0 Å². The van der Waals surface area contributed by atoms with Gasteiger partial charge >= 0.3 is 0 Å². The summed E-state index contributed by atoms with van der Waals surface area (Å²) < 4.78 is 24.4. The second-order valence-electron chi connectivity index (χ2n) is 11.3. The standard InChI is InChI=1S/C30H39FN4O4/c1-30(2,3)20-28(36)34(14-13-33-15-17-39-18-16-33)21-29(37)35-27(23-5-9-24(31)10-6-23)19-26(32-35)22-7-11-25(38-4)12-8-22/h5-12,27H,13-21H2,1-4H3/t27-/m1/s1. The summed E-state index contributed by atoms with van der Waals surface area (Å²) in [6.07, 6.45) is 0.818. The molecule has 4 rings (SSSR count). The maximum atomic E-state index is 13.8. The number of nitrogens with zero attached hydrogens (tertiary/aromatic N) is 4. The van der Waals surface area contributed by atoms with E-state index in [1.165, 1.54) is 17.1 Å². The molecular formula is C30H39FN4O4. The molecule has 2 heterocycles. The molecule has 0 spiro atoms. The number of hydrogen-bond acceptors (Lipinski definition) is 6. The zero-order chi connectivity index (χ0) is 28.0. The Balaban J connectivity index is 1.57. The Hall–Kier alpha value is -3.30. The molecule has 0 bridgehead atoms. The van der Waals surface area contributed by atoms with E-state index in [1.807, 2.05) is 45.0 Å². The van der Waals surface area contributed by atoms with Crippen molar-refractivity contribution in [1.82, 2.24) is 14.8 Å². The smallest absolute Gasteiger partial charge is 0.262 e. The zero-order valence-electron chi connectivity index (χ0n) is 23.4. The predicted octanol–water partition coefficient (Wildman–Crippen LogP) is 4.11. The summed E-state index contributed by atoms with van der Waals surface area (Å²) in [6, 6.07) is 13.3. The molecule has 1 saturated heterocycles. The summed E-state index contributed by atoms with van der Waals surface area (Å²) in [5.74, 6) is 0.0692. The van der Waals surface area contributed by atoms with Gasteiger partial charge in [0.05, 0.1) is 32.1 Å². The van der Waals surface area contributed by atoms with E-state index in [2.05, 4.69) is 4.90 Å². The van der Waals surface area contributed by atoms with Gasteiger partial charge in [-0.3, -0.25) is 14.5 Å². The van der Waals surface area contributed by atoms with Crippen LogP contribution in [-0.4, -0.2) is 85.4 Å². The molecule has 1 atom stereocenters. The number of hydrogen-bond donors (Lipinski definition) is 0. The second kappa shape index (κ2) is 12.7. The molecule has 0 aromatic heterocycles. The van der Waals surface area contributed by atoms with Crippen molar-refractivity contribution in [2.45, 2.75) is 39.7 Å². The van der Waals surface area contributed by atoms with E-state index >= 15 is 0 Å². The van der Waals surface area contributed by atoms with Gasteiger partial charge in [-0.2, -0.15) is 5.10 Å². The second-order valence-corrected chi connectivity index (χ2v) is 11.3. The highest BCUT2D eigenvalue weighted by atomic mass is 19.1. The minimum absolute atomic E-state index is 0.0546. The molecule has 0 aliphatic carbocycles. The van der Waals surface area contributed by atoms with Crippen molar-refractivity contribution >= 4 is 17.5 Å². The summed E-state index contributed by atoms with van der Waals surface area (Å²) >= 11 is 0. The highest BCUT2D eigenvalue weighted by Crippen LogP contribution is 2.33. The van der Waals surface area contributed by atoms with Crippen molar-refractivity contribution in [1.29, 1.82) is 0 Å². The maximum absolute atomic E-state index is 13.8. The molecule has 2 aliphatic rings. The van der Waals surface area contributed by atoms with E-state index in [9.17, 15) is 14.0 Å². The quantitative estimate of drug-likeness (QED) is 0.481. The van der Waals surface area contributed by atoms with Gasteiger partial charge in [-0.15, -0.1) is 0 Å². The number of halogens is 1. The SMILES string of the molecule is COc1ccc(C2=NN(C(=O)CN(CCN3CCOCC3)C(=O)CC(C)(C)C)[C@@H](c3ccc(F)cc3)C2)cc1. The van der Waals surface area contributed by atoms with E-state index < -0.39 is 6.04 Å². The van der Waals surface area contributed by atoms with Crippen LogP contribution >= 0.6 is 0 Å². The first-order valence-electron chi connectivity index (χ1n) is 13.5. The predicted molar refractivity (Wildman–Crippen MR) is 148 cm³/mol. The lowest BCUT2D eigenvalue weighted by Gasteiger charge is -2.32. The van der Waals surface area contributed by atoms with Crippen LogP contribution in [0.1, 0.15) is 50.8 Å². The lowest BCUT2D eigenvalue weighted by atomic mass is 9.91. The number of amides is 2. The summed E-state index contributed by atoms with van der Waals surface area (Å²) in [7, 11) is 1.61. The number of ether oxygens (including phenoxy) is 2. The van der Waals surface area contributed by atoms with Crippen LogP contribution in [0.2, 0.25) is 0 Å². The van der Waals surface area contributed by atoms with Gasteiger partial charge in [0, 0.05) is 39.0 Å². The number of morpholine rings is 1. The van der Waals surface area contributed by atoms with E-state index in [4.69, 9.17) is 14.6 Å². The van der Waals surface area contributed by atoms with Gasteiger partial charge < -0.3 is 14.4 Å². The molecule has 9 heteroatoms. The lowest BCUT2D eigenvalue weighted by Crippen LogP contribution is -2.47. The third-order valence-electron chi connectivity index (χ3n) is 6.99. The normalized spacial score (nSPS) is 18.1. The lowest BCUT2D eigenvalue weighted by molar-refractivity contribution is -0.142. The van der Waals surface area contributed by atoms with Gasteiger partial charge in [0.2, 0.25) is 5.91 Å². The number of benzene rings is 2. The van der Waals surface area contributed by atoms with E-state index in [1.54, 1.807) is 24.1 Å². The largest absolute Gasteiger partial charge is 0.497 e. The summed E-state index contributed by atoms with van der Waals surface area (Å²) in [6.45, 7) is 10.1. The number of methoxy groups -OCH3 is 1. The first-order valence-corrected chi connectivity index (χ1v) is 13.5. The van der Waals surface area contributed by atoms with Crippen LogP contribution in [0.25, 0.3) is 0 Å². The third-order valence-corrected chi connectivity index (χ3v) is 6.99. The molecule has 0 saturated carbocycles. The number of hydrazone groups is 1. The van der Waals surface area contributed by atoms with Gasteiger partial charge in [0.15, 0.2) is 0 Å². The first-order chi connectivity index (χ1) is 18.6. The average molecular weight is 539 g/mol. The van der Waals surface area contributed by atoms with Crippen LogP contribution in [0.15, 0.2) is 53.6 Å². The molecule has 0 N–H and O–H groups in total. The third kappa shape index (κ3) is 7.86. The molecule has 0 unspecified atom stereocenters. The minimum atomic E-state index is -0.394. The monoisotopic (exact) mass is 538 g/mol. The van der Waals surface area contributed by atoms with Gasteiger partial charge in [-0.25, -0.2) is 9.40 Å². The Labute approximate surface area is 230 Å². The fraction of sp³-hybridized carbons (Fsp3) is 0.500.